The number of ether oxygens (including phenoxy) is 1. The number of alkyl halides is 3. The lowest BCUT2D eigenvalue weighted by molar-refractivity contribution is -0.137. The first-order chi connectivity index (χ1) is 17.6. The third-order valence-corrected chi connectivity index (χ3v) is 6.34. The quantitative estimate of drug-likeness (QED) is 0.203. The smallest absolute Gasteiger partial charge is 0.416 e. The number of hydrogen-bond donors (Lipinski definition) is 1. The molecule has 0 radical (unpaired) electrons. The van der Waals surface area contributed by atoms with Gasteiger partial charge in [0, 0.05) is 11.4 Å². The molecule has 192 valence electrons. The SMILES string of the molecule is CC(Sc1nnc(C(C)Oc2ccc(F)cc2)n1-c1ccccc1)C(=O)Nc1ccc(C(F)(F)F)cc1. The van der Waals surface area contributed by atoms with Crippen molar-refractivity contribution in [3.05, 3.63) is 96.1 Å². The van der Waals surface area contributed by atoms with Crippen molar-refractivity contribution in [2.24, 2.45) is 0 Å². The highest BCUT2D eigenvalue weighted by Gasteiger charge is 2.30. The van der Waals surface area contributed by atoms with Gasteiger partial charge in [-0.3, -0.25) is 9.36 Å². The van der Waals surface area contributed by atoms with E-state index in [9.17, 15) is 22.4 Å². The van der Waals surface area contributed by atoms with E-state index in [2.05, 4.69) is 15.5 Å². The first-order valence-corrected chi connectivity index (χ1v) is 12.1. The molecule has 0 aliphatic carbocycles. The predicted octanol–water partition coefficient (Wildman–Crippen LogP) is 6.68. The zero-order chi connectivity index (χ0) is 26.6. The summed E-state index contributed by atoms with van der Waals surface area (Å²) in [6.07, 6.45) is -5.02. The second-order valence-electron chi connectivity index (χ2n) is 8.05. The van der Waals surface area contributed by atoms with Crippen molar-refractivity contribution in [1.29, 1.82) is 0 Å². The molecule has 6 nitrogen and oxygen atoms in total. The lowest BCUT2D eigenvalue weighted by Gasteiger charge is -2.17. The van der Waals surface area contributed by atoms with Crippen LogP contribution in [0, 0.1) is 5.82 Å². The Hall–Kier alpha value is -3.86. The van der Waals surface area contributed by atoms with E-state index in [-0.39, 0.29) is 11.5 Å². The van der Waals surface area contributed by atoms with Crippen LogP contribution in [0.2, 0.25) is 0 Å². The Kier molecular flexibility index (Phi) is 7.82. The third kappa shape index (κ3) is 6.48. The Morgan fingerprint density at radius 2 is 1.59 bits per heavy atom. The largest absolute Gasteiger partial charge is 0.483 e. The number of halogens is 4. The van der Waals surface area contributed by atoms with Gasteiger partial charge < -0.3 is 10.1 Å². The van der Waals surface area contributed by atoms with E-state index < -0.39 is 29.0 Å². The Morgan fingerprint density at radius 1 is 0.946 bits per heavy atom. The van der Waals surface area contributed by atoms with Crippen LogP contribution >= 0.6 is 11.8 Å². The standard InChI is InChI=1S/C26H22F4N4O2S/c1-16(36-22-14-10-19(27)11-15-22)23-32-33-25(34(23)21-6-4-3-5-7-21)37-17(2)24(35)31-20-12-8-18(9-13-20)26(28,29)30/h3-17H,1-2H3,(H,31,35). The van der Waals surface area contributed by atoms with Crippen molar-refractivity contribution in [2.45, 2.75) is 36.5 Å². The number of amides is 1. The summed E-state index contributed by atoms with van der Waals surface area (Å²) < 4.78 is 59.4. The Morgan fingerprint density at radius 3 is 2.22 bits per heavy atom. The number of carbonyl (C=O) groups excluding carboxylic acids is 1. The number of carbonyl (C=O) groups is 1. The number of nitrogens with zero attached hydrogens (tertiary/aromatic N) is 3. The average Bonchev–Trinajstić information content (AvgIpc) is 3.29. The number of thioether (sulfide) groups is 1. The normalized spacial score (nSPS) is 13.1. The number of benzene rings is 3. The van der Waals surface area contributed by atoms with Gasteiger partial charge in [0.2, 0.25) is 5.91 Å². The molecule has 37 heavy (non-hydrogen) atoms. The summed E-state index contributed by atoms with van der Waals surface area (Å²) in [6, 6.07) is 19.1. The molecule has 2 unspecified atom stereocenters. The monoisotopic (exact) mass is 530 g/mol. The Balaban J connectivity index is 1.53. The first-order valence-electron chi connectivity index (χ1n) is 11.2. The predicted molar refractivity (Wildman–Crippen MR) is 132 cm³/mol. The second kappa shape index (κ2) is 11.0. The van der Waals surface area contributed by atoms with Crippen molar-refractivity contribution >= 4 is 23.4 Å². The molecule has 1 N–H and O–H groups in total. The summed E-state index contributed by atoms with van der Waals surface area (Å²) in [6.45, 7) is 3.44. The zero-order valence-electron chi connectivity index (χ0n) is 19.7. The van der Waals surface area contributed by atoms with Gasteiger partial charge in [-0.15, -0.1) is 10.2 Å². The van der Waals surface area contributed by atoms with Gasteiger partial charge >= 0.3 is 6.18 Å². The van der Waals surface area contributed by atoms with Crippen LogP contribution in [0.5, 0.6) is 5.75 Å². The van der Waals surface area contributed by atoms with Crippen molar-refractivity contribution in [1.82, 2.24) is 14.8 Å². The number of anilines is 1. The minimum Gasteiger partial charge on any atom is -0.483 e. The van der Waals surface area contributed by atoms with Gasteiger partial charge in [0.25, 0.3) is 0 Å². The molecular formula is C26H22F4N4O2S. The molecule has 0 fully saturated rings. The fourth-order valence-electron chi connectivity index (χ4n) is 3.41. The van der Waals surface area contributed by atoms with Crippen molar-refractivity contribution in [2.75, 3.05) is 5.32 Å². The zero-order valence-corrected chi connectivity index (χ0v) is 20.6. The molecule has 0 aliphatic rings. The second-order valence-corrected chi connectivity index (χ2v) is 9.36. The molecule has 11 heteroatoms. The Bertz CT molecular complexity index is 1340. The molecule has 0 spiro atoms. The summed E-state index contributed by atoms with van der Waals surface area (Å²) >= 11 is 1.14. The molecule has 0 bridgehead atoms. The van der Waals surface area contributed by atoms with Gasteiger partial charge in [-0.25, -0.2) is 4.39 Å². The molecule has 4 aromatic rings. The van der Waals surface area contributed by atoms with Gasteiger partial charge in [-0.1, -0.05) is 30.0 Å². The third-order valence-electron chi connectivity index (χ3n) is 5.29. The van der Waals surface area contributed by atoms with Crippen LogP contribution in [0.3, 0.4) is 0 Å². The van der Waals surface area contributed by atoms with Crippen LogP contribution in [0.1, 0.15) is 31.3 Å². The number of nitrogens with one attached hydrogen (secondary N) is 1. The van der Waals surface area contributed by atoms with Crippen LogP contribution < -0.4 is 10.1 Å². The van der Waals surface area contributed by atoms with Crippen molar-refractivity contribution in [3.8, 4) is 11.4 Å². The highest BCUT2D eigenvalue weighted by molar-refractivity contribution is 8.00. The lowest BCUT2D eigenvalue weighted by atomic mass is 10.2. The maximum absolute atomic E-state index is 13.3. The average molecular weight is 531 g/mol. The van der Waals surface area contributed by atoms with E-state index in [1.807, 2.05) is 30.3 Å². The highest BCUT2D eigenvalue weighted by Crippen LogP contribution is 2.32. The van der Waals surface area contributed by atoms with Crippen LogP contribution in [0.15, 0.2) is 84.0 Å². The molecule has 0 saturated heterocycles. The van der Waals surface area contributed by atoms with Crippen LogP contribution in [0.25, 0.3) is 5.69 Å². The maximum Gasteiger partial charge on any atom is 0.416 e. The number of aromatic nitrogens is 3. The van der Waals surface area contributed by atoms with Gasteiger partial charge in [0.1, 0.15) is 11.6 Å². The summed E-state index contributed by atoms with van der Waals surface area (Å²) in [5.74, 6) is 0.127. The fourth-order valence-corrected chi connectivity index (χ4v) is 4.28. The first kappa shape index (κ1) is 26.2. The van der Waals surface area contributed by atoms with E-state index in [0.29, 0.717) is 16.7 Å². The van der Waals surface area contributed by atoms with E-state index >= 15 is 0 Å². The lowest BCUT2D eigenvalue weighted by Crippen LogP contribution is -2.23. The molecule has 1 heterocycles. The maximum atomic E-state index is 13.3. The van der Waals surface area contributed by atoms with Crippen molar-refractivity contribution in [3.63, 3.8) is 0 Å². The number of rotatable bonds is 8. The molecule has 2 atom stereocenters. The molecule has 0 saturated carbocycles. The minimum atomic E-state index is -4.46. The van der Waals surface area contributed by atoms with Gasteiger partial charge in [0.15, 0.2) is 17.1 Å². The molecule has 1 amide bonds. The molecule has 1 aromatic heterocycles. The fraction of sp³-hybridized carbons (Fsp3) is 0.192. The van der Waals surface area contributed by atoms with E-state index in [4.69, 9.17) is 4.74 Å². The summed E-state index contributed by atoms with van der Waals surface area (Å²) in [4.78, 5) is 12.8. The van der Waals surface area contributed by atoms with Crippen LogP contribution in [-0.2, 0) is 11.0 Å². The van der Waals surface area contributed by atoms with Gasteiger partial charge in [-0.05, 0) is 74.5 Å². The molecule has 0 aliphatic heterocycles. The topological polar surface area (TPSA) is 69.0 Å². The molecule has 4 rings (SSSR count). The molecular weight excluding hydrogens is 508 g/mol. The van der Waals surface area contributed by atoms with Crippen LogP contribution in [-0.4, -0.2) is 25.9 Å². The number of para-hydroxylation sites is 1. The summed E-state index contributed by atoms with van der Waals surface area (Å²) in [5.41, 5.74) is 0.195. The van der Waals surface area contributed by atoms with Gasteiger partial charge in [0.05, 0.1) is 10.8 Å². The van der Waals surface area contributed by atoms with E-state index in [1.165, 1.54) is 36.4 Å². The minimum absolute atomic E-state index is 0.247. The van der Waals surface area contributed by atoms with E-state index in [0.717, 1.165) is 29.6 Å². The van der Waals surface area contributed by atoms with Crippen molar-refractivity contribution < 1.29 is 27.1 Å². The molecule has 3 aromatic carbocycles. The summed E-state index contributed by atoms with van der Waals surface area (Å²) in [7, 11) is 0. The van der Waals surface area contributed by atoms with Crippen LogP contribution in [0.4, 0.5) is 23.2 Å². The van der Waals surface area contributed by atoms with Gasteiger partial charge in [-0.2, -0.15) is 13.2 Å². The highest BCUT2D eigenvalue weighted by atomic mass is 32.2. The van der Waals surface area contributed by atoms with E-state index in [1.54, 1.807) is 18.4 Å². The summed E-state index contributed by atoms with van der Waals surface area (Å²) in [5, 5.41) is 10.9. The number of hydrogen-bond acceptors (Lipinski definition) is 5. The Labute approximate surface area is 214 Å².